The standard InChI is InChI=1S/C24H25N3O4/c1-15-21(29)18-8-5-9-19(23(18)31-22(15)16-6-3-2-4-7-16)24(30)26-17-10-12-27(13-11-17)14-20(25)28/h2-9,17H,10-14H2,1H3,(H2,25,28)(H,26,30). The second-order valence-corrected chi connectivity index (χ2v) is 7.92. The Morgan fingerprint density at radius 3 is 2.48 bits per heavy atom. The Balaban J connectivity index is 1.62. The molecule has 4 rings (SSSR count). The van der Waals surface area contributed by atoms with Crippen molar-refractivity contribution in [1.29, 1.82) is 0 Å². The largest absolute Gasteiger partial charge is 0.455 e. The number of para-hydroxylation sites is 1. The third-order valence-electron chi connectivity index (χ3n) is 5.73. The fourth-order valence-corrected chi connectivity index (χ4v) is 4.07. The van der Waals surface area contributed by atoms with Crippen LogP contribution in [0.15, 0.2) is 57.7 Å². The topological polar surface area (TPSA) is 106 Å². The van der Waals surface area contributed by atoms with Gasteiger partial charge in [0.05, 0.1) is 17.5 Å². The van der Waals surface area contributed by atoms with E-state index in [1.54, 1.807) is 25.1 Å². The molecule has 0 spiro atoms. The van der Waals surface area contributed by atoms with E-state index in [0.29, 0.717) is 40.9 Å². The van der Waals surface area contributed by atoms with Gasteiger partial charge in [0.1, 0.15) is 5.76 Å². The number of nitrogens with two attached hydrogens (primary N) is 1. The summed E-state index contributed by atoms with van der Waals surface area (Å²) in [4.78, 5) is 39.1. The zero-order chi connectivity index (χ0) is 22.0. The number of likely N-dealkylation sites (tertiary alicyclic amines) is 1. The molecule has 3 N–H and O–H groups in total. The lowest BCUT2D eigenvalue weighted by atomic mass is 10.0. The van der Waals surface area contributed by atoms with Crippen LogP contribution in [0, 0.1) is 6.92 Å². The van der Waals surface area contributed by atoms with Crippen molar-refractivity contribution in [2.75, 3.05) is 19.6 Å². The average molecular weight is 419 g/mol. The summed E-state index contributed by atoms with van der Waals surface area (Å²) in [6, 6.07) is 14.4. The lowest BCUT2D eigenvalue weighted by Crippen LogP contribution is -2.46. The summed E-state index contributed by atoms with van der Waals surface area (Å²) in [5.74, 6) is -0.152. The molecule has 0 radical (unpaired) electrons. The highest BCUT2D eigenvalue weighted by Gasteiger charge is 2.24. The van der Waals surface area contributed by atoms with Crippen molar-refractivity contribution in [2.45, 2.75) is 25.8 Å². The molecule has 2 amide bonds. The minimum Gasteiger partial charge on any atom is -0.455 e. The third-order valence-corrected chi connectivity index (χ3v) is 5.73. The fraction of sp³-hybridized carbons (Fsp3) is 0.292. The number of carbonyl (C=O) groups excluding carboxylic acids is 2. The van der Waals surface area contributed by atoms with Crippen molar-refractivity contribution in [3.63, 3.8) is 0 Å². The van der Waals surface area contributed by atoms with Crippen molar-refractivity contribution >= 4 is 22.8 Å². The zero-order valence-electron chi connectivity index (χ0n) is 17.4. The van der Waals surface area contributed by atoms with Crippen LogP contribution in [-0.4, -0.2) is 42.4 Å². The van der Waals surface area contributed by atoms with E-state index in [2.05, 4.69) is 5.32 Å². The molecule has 160 valence electrons. The van der Waals surface area contributed by atoms with Crippen molar-refractivity contribution in [2.24, 2.45) is 5.73 Å². The van der Waals surface area contributed by atoms with Gasteiger partial charge >= 0.3 is 0 Å². The maximum Gasteiger partial charge on any atom is 0.255 e. The molecule has 2 heterocycles. The molecule has 7 heteroatoms. The quantitative estimate of drug-likeness (QED) is 0.661. The third kappa shape index (κ3) is 4.36. The Morgan fingerprint density at radius 1 is 1.10 bits per heavy atom. The van der Waals surface area contributed by atoms with Gasteiger partial charge in [-0.2, -0.15) is 0 Å². The number of hydrogen-bond acceptors (Lipinski definition) is 5. The van der Waals surface area contributed by atoms with Crippen LogP contribution >= 0.6 is 0 Å². The lowest BCUT2D eigenvalue weighted by Gasteiger charge is -2.31. The minimum atomic E-state index is -0.349. The molecule has 31 heavy (non-hydrogen) atoms. The van der Waals surface area contributed by atoms with Crippen LogP contribution in [-0.2, 0) is 4.79 Å². The summed E-state index contributed by atoms with van der Waals surface area (Å²) in [5.41, 5.74) is 7.05. The van der Waals surface area contributed by atoms with Gasteiger partial charge in [0, 0.05) is 30.3 Å². The number of carbonyl (C=O) groups is 2. The SMILES string of the molecule is Cc1c(-c2ccccc2)oc2c(C(=O)NC3CCN(CC(N)=O)CC3)cccc2c1=O. The maximum absolute atomic E-state index is 13.1. The van der Waals surface area contributed by atoms with Crippen molar-refractivity contribution in [3.8, 4) is 11.3 Å². The number of nitrogens with zero attached hydrogens (tertiary/aromatic N) is 1. The highest BCUT2D eigenvalue weighted by Crippen LogP contribution is 2.27. The first-order valence-electron chi connectivity index (χ1n) is 10.4. The molecule has 1 saturated heterocycles. The van der Waals surface area contributed by atoms with Crippen LogP contribution in [0.3, 0.4) is 0 Å². The van der Waals surface area contributed by atoms with Gasteiger partial charge in [0.25, 0.3) is 5.91 Å². The summed E-state index contributed by atoms with van der Waals surface area (Å²) in [6.45, 7) is 3.35. The van der Waals surface area contributed by atoms with Gasteiger partial charge in [-0.25, -0.2) is 0 Å². The van der Waals surface area contributed by atoms with E-state index in [0.717, 1.165) is 18.4 Å². The van der Waals surface area contributed by atoms with Crippen LogP contribution in [0.1, 0.15) is 28.8 Å². The number of benzene rings is 2. The Hall–Kier alpha value is -3.45. The summed E-state index contributed by atoms with van der Waals surface area (Å²) in [7, 11) is 0. The molecule has 7 nitrogen and oxygen atoms in total. The summed E-state index contributed by atoms with van der Waals surface area (Å²) < 4.78 is 6.14. The van der Waals surface area contributed by atoms with Gasteiger partial charge in [-0.1, -0.05) is 36.4 Å². The number of primary amides is 1. The van der Waals surface area contributed by atoms with E-state index in [1.165, 1.54) is 0 Å². The molecule has 1 aliphatic heterocycles. The molecule has 0 aliphatic carbocycles. The maximum atomic E-state index is 13.1. The molecule has 3 aromatic rings. The summed E-state index contributed by atoms with van der Waals surface area (Å²) >= 11 is 0. The van der Waals surface area contributed by atoms with Crippen LogP contribution in [0.2, 0.25) is 0 Å². The van der Waals surface area contributed by atoms with E-state index in [9.17, 15) is 14.4 Å². The molecule has 0 saturated carbocycles. The van der Waals surface area contributed by atoms with Crippen LogP contribution in [0.4, 0.5) is 0 Å². The molecular formula is C24H25N3O4. The van der Waals surface area contributed by atoms with Crippen LogP contribution in [0.5, 0.6) is 0 Å². The van der Waals surface area contributed by atoms with E-state index in [1.807, 2.05) is 35.2 Å². The molecule has 1 fully saturated rings. The predicted octanol–water partition coefficient (Wildman–Crippen LogP) is 2.45. The minimum absolute atomic E-state index is 0.0161. The molecular weight excluding hydrogens is 394 g/mol. The summed E-state index contributed by atoms with van der Waals surface area (Å²) in [5, 5.41) is 3.44. The van der Waals surface area contributed by atoms with Gasteiger partial charge in [-0.3, -0.25) is 19.3 Å². The Labute approximate surface area is 179 Å². The molecule has 1 aromatic heterocycles. The van der Waals surface area contributed by atoms with Gasteiger partial charge in [0.15, 0.2) is 11.0 Å². The normalized spacial score (nSPS) is 15.1. The Bertz CT molecular complexity index is 1180. The second-order valence-electron chi connectivity index (χ2n) is 7.92. The number of piperidine rings is 1. The zero-order valence-corrected chi connectivity index (χ0v) is 17.4. The second kappa shape index (κ2) is 8.73. The first-order chi connectivity index (χ1) is 14.9. The fourth-order valence-electron chi connectivity index (χ4n) is 4.07. The molecule has 1 aliphatic rings. The smallest absolute Gasteiger partial charge is 0.255 e. The monoisotopic (exact) mass is 419 g/mol. The number of rotatable bonds is 5. The molecule has 0 unspecified atom stereocenters. The number of fused-ring (bicyclic) bond motifs is 1. The van der Waals surface area contributed by atoms with Crippen LogP contribution in [0.25, 0.3) is 22.3 Å². The van der Waals surface area contributed by atoms with Crippen molar-refractivity contribution in [1.82, 2.24) is 10.2 Å². The van der Waals surface area contributed by atoms with Gasteiger partial charge in [0.2, 0.25) is 5.91 Å². The Morgan fingerprint density at radius 2 is 1.81 bits per heavy atom. The molecule has 0 atom stereocenters. The van der Waals surface area contributed by atoms with Gasteiger partial charge < -0.3 is 15.5 Å². The number of amides is 2. The average Bonchev–Trinajstić information content (AvgIpc) is 2.77. The van der Waals surface area contributed by atoms with Crippen molar-refractivity contribution in [3.05, 3.63) is 69.9 Å². The van der Waals surface area contributed by atoms with Gasteiger partial charge in [-0.15, -0.1) is 0 Å². The number of hydrogen-bond donors (Lipinski definition) is 2. The molecule has 2 aromatic carbocycles. The molecule has 0 bridgehead atoms. The Kier molecular flexibility index (Phi) is 5.86. The van der Waals surface area contributed by atoms with E-state index in [-0.39, 0.29) is 29.8 Å². The van der Waals surface area contributed by atoms with E-state index >= 15 is 0 Å². The lowest BCUT2D eigenvalue weighted by molar-refractivity contribution is -0.119. The van der Waals surface area contributed by atoms with E-state index < -0.39 is 0 Å². The van der Waals surface area contributed by atoms with Gasteiger partial charge in [-0.05, 0) is 31.9 Å². The highest BCUT2D eigenvalue weighted by molar-refractivity contribution is 6.05. The van der Waals surface area contributed by atoms with E-state index in [4.69, 9.17) is 10.2 Å². The van der Waals surface area contributed by atoms with Crippen molar-refractivity contribution < 1.29 is 14.0 Å². The number of nitrogens with one attached hydrogen (secondary N) is 1. The highest BCUT2D eigenvalue weighted by atomic mass is 16.3. The first-order valence-corrected chi connectivity index (χ1v) is 10.4. The predicted molar refractivity (Wildman–Crippen MR) is 119 cm³/mol. The summed E-state index contributed by atoms with van der Waals surface area (Å²) in [6.07, 6.45) is 1.45. The van der Waals surface area contributed by atoms with Crippen LogP contribution < -0.4 is 16.5 Å². The first kappa shape index (κ1) is 20.8.